The second-order valence-electron chi connectivity index (χ2n) is 8.07. The monoisotopic (exact) mass is 410 g/mol. The Morgan fingerprint density at radius 1 is 0.621 bits per heavy atom. The molecule has 29 heavy (non-hydrogen) atoms. The van der Waals surface area contributed by atoms with Gasteiger partial charge in [0.15, 0.2) is 0 Å². The first-order valence-electron chi connectivity index (χ1n) is 13.3. The topological polar surface area (TPSA) is 0 Å². The molecule has 0 bridgehead atoms. The minimum absolute atomic E-state index is 0.802. The molecule has 1 unspecified atom stereocenters. The Kier molecular flexibility index (Phi) is 39.8. The first-order chi connectivity index (χ1) is 13.9. The number of hydrogen-bond acceptors (Lipinski definition) is 0. The summed E-state index contributed by atoms with van der Waals surface area (Å²) in [4.78, 5) is 0. The van der Waals surface area contributed by atoms with Crippen LogP contribution < -0.4 is 0 Å². The van der Waals surface area contributed by atoms with Gasteiger partial charge in [0.2, 0.25) is 0 Å². The lowest BCUT2D eigenvalue weighted by Gasteiger charge is -2.28. The van der Waals surface area contributed by atoms with Crippen LogP contribution in [0.3, 0.4) is 0 Å². The van der Waals surface area contributed by atoms with Crippen molar-refractivity contribution in [1.29, 1.82) is 0 Å². The van der Waals surface area contributed by atoms with Crippen LogP contribution in [-0.2, 0) is 0 Å². The number of rotatable bonds is 12. The Morgan fingerprint density at radius 3 is 1.38 bits per heavy atom. The maximum Gasteiger partial charge on any atom is -0.0175 e. The molecule has 0 heterocycles. The molecule has 0 fully saturated rings. The van der Waals surface area contributed by atoms with Crippen LogP contribution in [0.25, 0.3) is 0 Å². The zero-order valence-electron chi connectivity index (χ0n) is 23.1. The third-order valence-corrected chi connectivity index (χ3v) is 5.03. The highest BCUT2D eigenvalue weighted by atomic mass is 14.3. The van der Waals surface area contributed by atoms with Gasteiger partial charge >= 0.3 is 0 Å². The highest BCUT2D eigenvalue weighted by Crippen LogP contribution is 2.33. The van der Waals surface area contributed by atoms with Crippen LogP contribution in [0.4, 0.5) is 0 Å². The summed E-state index contributed by atoms with van der Waals surface area (Å²) >= 11 is 0. The highest BCUT2D eigenvalue weighted by Gasteiger charge is 2.20. The maximum absolute atomic E-state index is 2.40. The zero-order chi connectivity index (χ0) is 23.5. The van der Waals surface area contributed by atoms with Gasteiger partial charge in [-0.3, -0.25) is 0 Å². The van der Waals surface area contributed by atoms with Crippen LogP contribution in [0, 0.1) is 11.8 Å². The van der Waals surface area contributed by atoms with E-state index in [4.69, 9.17) is 0 Å². The largest absolute Gasteiger partial charge is 0.0736 e. The number of hydrogen-bond donors (Lipinski definition) is 0. The third kappa shape index (κ3) is 27.5. The van der Waals surface area contributed by atoms with E-state index in [-0.39, 0.29) is 0 Å². The molecular weight excluding hydrogens is 348 g/mol. The van der Waals surface area contributed by atoms with Gasteiger partial charge < -0.3 is 0 Å². The summed E-state index contributed by atoms with van der Waals surface area (Å²) < 4.78 is 0. The average molecular weight is 411 g/mol. The molecule has 178 valence electrons. The van der Waals surface area contributed by atoms with E-state index in [9.17, 15) is 0 Å². The smallest absolute Gasteiger partial charge is 0.0175 e. The Balaban J connectivity index is -0.000000293. The second kappa shape index (κ2) is 32.2. The van der Waals surface area contributed by atoms with Gasteiger partial charge in [-0.25, -0.2) is 0 Å². The van der Waals surface area contributed by atoms with E-state index in [2.05, 4.69) is 81.4 Å². The molecule has 0 aliphatic rings. The Labute approximate surface area is 189 Å². The van der Waals surface area contributed by atoms with Crippen LogP contribution in [0.5, 0.6) is 0 Å². The zero-order valence-corrected chi connectivity index (χ0v) is 23.1. The van der Waals surface area contributed by atoms with E-state index in [1.165, 1.54) is 69.8 Å². The fourth-order valence-electron chi connectivity index (χ4n) is 3.06. The van der Waals surface area contributed by atoms with Gasteiger partial charge in [0.05, 0.1) is 0 Å². The molecule has 0 aliphatic carbocycles. The first kappa shape index (κ1) is 35.9. The van der Waals surface area contributed by atoms with Crippen molar-refractivity contribution in [3.8, 4) is 0 Å². The molecule has 0 aromatic heterocycles. The summed E-state index contributed by atoms with van der Waals surface area (Å²) in [6.45, 7) is 26.4. The van der Waals surface area contributed by atoms with E-state index in [1.54, 1.807) is 5.57 Å². The molecule has 0 radical (unpaired) electrons. The van der Waals surface area contributed by atoms with E-state index < -0.39 is 0 Å². The van der Waals surface area contributed by atoms with Gasteiger partial charge in [-0.15, -0.1) is 0 Å². The molecule has 0 heteroatoms. The summed E-state index contributed by atoms with van der Waals surface area (Å²) in [6.07, 6.45) is 19.3. The highest BCUT2D eigenvalue weighted by molar-refractivity contribution is 5.17. The Hall–Kier alpha value is -0.520. The number of unbranched alkanes of at least 4 members (excludes halogenated alkanes) is 2. The standard InChI is InChI=1S/C20H38.C4H10.C3H8.C2H6/c1-7-11-14-20(19(12-8-2)13-9-3)18(6)16-15-17(5)10-4;1-3-4-2;1-3-2;1-2/h15-16,19-20H,7-14H2,1-6H3;3-4H2,1-2H3;3H2,1-2H3;1-2H3/b17-15-,18-16+;;;. The van der Waals surface area contributed by atoms with E-state index in [1.807, 2.05) is 13.8 Å². The van der Waals surface area contributed by atoms with Crippen LogP contribution in [0.15, 0.2) is 23.3 Å². The normalized spacial score (nSPS) is 12.2. The van der Waals surface area contributed by atoms with Gasteiger partial charge in [0.1, 0.15) is 0 Å². The summed E-state index contributed by atoms with van der Waals surface area (Å²) in [5.74, 6) is 1.69. The summed E-state index contributed by atoms with van der Waals surface area (Å²) in [5.41, 5.74) is 3.10. The van der Waals surface area contributed by atoms with Crippen molar-refractivity contribution >= 4 is 0 Å². The van der Waals surface area contributed by atoms with Crippen molar-refractivity contribution in [2.45, 2.75) is 154 Å². The summed E-state index contributed by atoms with van der Waals surface area (Å²) in [6, 6.07) is 0. The van der Waals surface area contributed by atoms with Crippen LogP contribution in [0.1, 0.15) is 154 Å². The lowest BCUT2D eigenvalue weighted by Crippen LogP contribution is -2.16. The molecule has 0 spiro atoms. The first-order valence-corrected chi connectivity index (χ1v) is 13.3. The Bertz CT molecular complexity index is 313. The summed E-state index contributed by atoms with van der Waals surface area (Å²) in [7, 11) is 0. The van der Waals surface area contributed by atoms with Crippen molar-refractivity contribution in [1.82, 2.24) is 0 Å². The minimum Gasteiger partial charge on any atom is -0.0736 e. The fourth-order valence-corrected chi connectivity index (χ4v) is 3.06. The molecule has 0 saturated heterocycles. The molecule has 0 amide bonds. The fraction of sp³-hybridized carbons (Fsp3) is 0.862. The predicted molar refractivity (Wildman–Crippen MR) is 142 cm³/mol. The lowest BCUT2D eigenvalue weighted by atomic mass is 9.78. The number of allylic oxidation sites excluding steroid dienone is 4. The van der Waals surface area contributed by atoms with Crippen LogP contribution >= 0.6 is 0 Å². The molecule has 0 aromatic carbocycles. The van der Waals surface area contributed by atoms with Crippen molar-refractivity contribution in [2.75, 3.05) is 0 Å². The predicted octanol–water partition coefficient (Wildman–Crippen LogP) is 11.6. The molecular formula is C29H62. The lowest BCUT2D eigenvalue weighted by molar-refractivity contribution is 0.305. The molecule has 0 N–H and O–H groups in total. The van der Waals surface area contributed by atoms with Gasteiger partial charge in [-0.05, 0) is 38.5 Å². The van der Waals surface area contributed by atoms with Crippen molar-refractivity contribution in [3.63, 3.8) is 0 Å². The van der Waals surface area contributed by atoms with E-state index in [0.717, 1.165) is 18.3 Å². The van der Waals surface area contributed by atoms with E-state index >= 15 is 0 Å². The van der Waals surface area contributed by atoms with Gasteiger partial charge in [-0.1, -0.05) is 150 Å². The molecule has 1 atom stereocenters. The summed E-state index contributed by atoms with van der Waals surface area (Å²) in [5, 5.41) is 0. The van der Waals surface area contributed by atoms with Crippen LogP contribution in [0.2, 0.25) is 0 Å². The van der Waals surface area contributed by atoms with Gasteiger partial charge in [0.25, 0.3) is 0 Å². The van der Waals surface area contributed by atoms with Crippen molar-refractivity contribution in [2.24, 2.45) is 11.8 Å². The molecule has 0 rings (SSSR count). The van der Waals surface area contributed by atoms with E-state index in [0.29, 0.717) is 0 Å². The molecule has 0 saturated carbocycles. The van der Waals surface area contributed by atoms with Crippen molar-refractivity contribution in [3.05, 3.63) is 23.3 Å². The maximum atomic E-state index is 2.40. The van der Waals surface area contributed by atoms with Crippen LogP contribution in [-0.4, -0.2) is 0 Å². The SMILES string of the molecule is CC.CCC.CCCC.CCCCC(/C(C)=C/C=C(/C)CC)C(CCC)CCC. The molecule has 0 nitrogen and oxygen atoms in total. The van der Waals surface area contributed by atoms with Crippen molar-refractivity contribution < 1.29 is 0 Å². The quantitative estimate of drug-likeness (QED) is 0.280. The third-order valence-electron chi connectivity index (χ3n) is 5.03. The molecule has 0 aliphatic heterocycles. The average Bonchev–Trinajstić information content (AvgIpc) is 2.74. The van der Waals surface area contributed by atoms with Gasteiger partial charge in [0, 0.05) is 0 Å². The minimum atomic E-state index is 0.802. The van der Waals surface area contributed by atoms with Gasteiger partial charge in [-0.2, -0.15) is 0 Å². The second-order valence-corrected chi connectivity index (χ2v) is 8.07. The molecule has 0 aromatic rings. The Morgan fingerprint density at radius 2 is 1.07 bits per heavy atom.